The zero-order valence-corrected chi connectivity index (χ0v) is 27.0. The van der Waals surface area contributed by atoms with Crippen molar-refractivity contribution >= 4 is 41.0 Å². The van der Waals surface area contributed by atoms with E-state index in [9.17, 15) is 9.59 Å². The lowest BCUT2D eigenvalue weighted by molar-refractivity contribution is -0.136. The number of ether oxygens (including phenoxy) is 2. The molecule has 4 aliphatic rings. The fourth-order valence-electron chi connectivity index (χ4n) is 6.45. The van der Waals surface area contributed by atoms with Crippen molar-refractivity contribution in [3.05, 3.63) is 87.9 Å². The molecule has 1 aliphatic carbocycles. The second kappa shape index (κ2) is 14.4. The minimum absolute atomic E-state index is 0.0308. The summed E-state index contributed by atoms with van der Waals surface area (Å²) in [7, 11) is 0. The molecule has 3 aliphatic heterocycles. The Kier molecular flexibility index (Phi) is 10.1. The summed E-state index contributed by atoms with van der Waals surface area (Å²) in [5.41, 5.74) is 1.73. The molecule has 2 fully saturated rings. The highest BCUT2D eigenvalue weighted by Crippen LogP contribution is 2.42. The Labute approximate surface area is 274 Å². The number of morpholine rings is 1. The van der Waals surface area contributed by atoms with E-state index in [1.165, 1.54) is 0 Å². The maximum atomic E-state index is 14.7. The summed E-state index contributed by atoms with van der Waals surface area (Å²) in [5, 5.41) is 1.33. The minimum atomic E-state index is -0.375. The lowest BCUT2D eigenvalue weighted by Gasteiger charge is -2.40. The molecule has 0 spiro atoms. The lowest BCUT2D eigenvalue weighted by Crippen LogP contribution is -2.56. The van der Waals surface area contributed by atoms with Gasteiger partial charge in [0.05, 0.1) is 44.0 Å². The molecule has 2 aromatic rings. The first-order chi connectivity index (χ1) is 21.9. The van der Waals surface area contributed by atoms with Crippen molar-refractivity contribution < 1.29 is 19.1 Å². The van der Waals surface area contributed by atoms with Crippen LogP contribution in [0.25, 0.3) is 0 Å². The summed E-state index contributed by atoms with van der Waals surface area (Å²) < 4.78 is 11.4. The first-order valence-corrected chi connectivity index (χ1v) is 16.4. The largest absolute Gasteiger partial charge is 0.493 e. The highest BCUT2D eigenvalue weighted by Gasteiger charge is 2.46. The van der Waals surface area contributed by atoms with E-state index < -0.39 is 0 Å². The van der Waals surface area contributed by atoms with Crippen molar-refractivity contribution in [3.63, 3.8) is 0 Å². The van der Waals surface area contributed by atoms with Crippen molar-refractivity contribution in [2.75, 3.05) is 65.6 Å². The average Bonchev–Trinajstić information content (AvgIpc) is 3.46. The molecule has 0 N–H and O–H groups in total. The van der Waals surface area contributed by atoms with Crippen molar-refractivity contribution in [3.8, 4) is 5.75 Å². The van der Waals surface area contributed by atoms with Gasteiger partial charge in [-0.15, -0.1) is 0 Å². The summed E-state index contributed by atoms with van der Waals surface area (Å²) in [6.45, 7) is 7.43. The van der Waals surface area contributed by atoms with Gasteiger partial charge in [-0.05, 0) is 49.2 Å². The number of carbonyl (C=O) groups excluding carboxylic acids is 2. The van der Waals surface area contributed by atoms with Crippen LogP contribution >= 0.6 is 23.2 Å². The number of hydrogen-bond acceptors (Lipinski definition) is 6. The van der Waals surface area contributed by atoms with E-state index in [4.69, 9.17) is 37.7 Å². The van der Waals surface area contributed by atoms with Gasteiger partial charge in [-0.1, -0.05) is 59.6 Å². The first kappa shape index (κ1) is 31.6. The molecule has 2 aromatic carbocycles. The predicted octanol–water partition coefficient (Wildman–Crippen LogP) is 5.21. The number of rotatable bonds is 7. The van der Waals surface area contributed by atoms with Crippen molar-refractivity contribution in [1.29, 1.82) is 0 Å². The Morgan fingerprint density at radius 3 is 2.38 bits per heavy atom. The van der Waals surface area contributed by atoms with Crippen LogP contribution in [0.1, 0.15) is 30.5 Å². The quantitative estimate of drug-likeness (QED) is 0.411. The third-order valence-corrected chi connectivity index (χ3v) is 9.37. The van der Waals surface area contributed by atoms with E-state index in [2.05, 4.69) is 11.0 Å². The smallest absolute Gasteiger partial charge is 0.326 e. The summed E-state index contributed by atoms with van der Waals surface area (Å²) in [6, 6.07) is 14.7. The molecule has 238 valence electrons. The third kappa shape index (κ3) is 7.07. The van der Waals surface area contributed by atoms with Crippen molar-refractivity contribution in [2.24, 2.45) is 10.9 Å². The highest BCUT2D eigenvalue weighted by molar-refractivity contribution is 6.31. The van der Waals surface area contributed by atoms with Gasteiger partial charge in [0, 0.05) is 55.2 Å². The standard InChI is InChI=1S/C34H39Cl2N5O4/c1-2-45-29-6-4-3-5-28(29)33-37-31(24-7-11-26(35)12-8-24)32(25-9-13-27(36)14-10-25)41(33)34(43)40-17-15-38(16-18-40)23-30(42)39-19-21-44-22-20-39/h3-7,9-14,24,31-32H,2,8,15-23H2,1H3/t24?,31-,32+/m0/s1. The monoisotopic (exact) mass is 651 g/mol. The fraction of sp³-hybridized carbons (Fsp3) is 0.441. The zero-order chi connectivity index (χ0) is 31.3. The van der Waals surface area contributed by atoms with E-state index in [1.54, 1.807) is 0 Å². The Morgan fingerprint density at radius 2 is 1.69 bits per heavy atom. The van der Waals surface area contributed by atoms with Crippen LogP contribution in [0.5, 0.6) is 5.75 Å². The van der Waals surface area contributed by atoms with Gasteiger partial charge in [0.25, 0.3) is 0 Å². The molecule has 9 nitrogen and oxygen atoms in total. The number of allylic oxidation sites excluding steroid dienone is 3. The molecule has 1 unspecified atom stereocenters. The molecule has 3 amide bonds. The molecular weight excluding hydrogens is 613 g/mol. The number of halogens is 2. The van der Waals surface area contributed by atoms with Gasteiger partial charge >= 0.3 is 6.03 Å². The van der Waals surface area contributed by atoms with Crippen LogP contribution in [0.3, 0.4) is 0 Å². The molecule has 3 heterocycles. The van der Waals surface area contributed by atoms with Gasteiger partial charge in [-0.3, -0.25) is 19.6 Å². The first-order valence-electron chi connectivity index (χ1n) is 15.7. The number of piperazine rings is 1. The van der Waals surface area contributed by atoms with Gasteiger partial charge in [-0.25, -0.2) is 4.79 Å². The Bertz CT molecular complexity index is 1470. The molecule has 6 rings (SSSR count). The predicted molar refractivity (Wildman–Crippen MR) is 176 cm³/mol. The van der Waals surface area contributed by atoms with Crippen LogP contribution in [-0.4, -0.2) is 109 Å². The Morgan fingerprint density at radius 1 is 0.956 bits per heavy atom. The van der Waals surface area contributed by atoms with Crippen LogP contribution in [-0.2, 0) is 9.53 Å². The number of amides is 3. The molecule has 2 saturated heterocycles. The Balaban J connectivity index is 1.30. The van der Waals surface area contributed by atoms with E-state index in [0.717, 1.165) is 11.1 Å². The number of nitrogens with zero attached hydrogens (tertiary/aromatic N) is 5. The van der Waals surface area contributed by atoms with Gasteiger partial charge in [-0.2, -0.15) is 0 Å². The summed E-state index contributed by atoms with van der Waals surface area (Å²) in [6.07, 6.45) is 6.74. The molecule has 0 bridgehead atoms. The van der Waals surface area contributed by atoms with E-state index in [-0.39, 0.29) is 29.9 Å². The molecule has 3 atom stereocenters. The second-order valence-corrected chi connectivity index (χ2v) is 12.5. The van der Waals surface area contributed by atoms with Gasteiger partial charge in [0.15, 0.2) is 0 Å². The third-order valence-electron chi connectivity index (χ3n) is 8.84. The number of para-hydroxylation sites is 1. The molecule has 11 heteroatoms. The molecular formula is C34H39Cl2N5O4. The van der Waals surface area contributed by atoms with Crippen LogP contribution in [0, 0.1) is 5.92 Å². The normalized spacial score (nSPS) is 24.0. The fourth-order valence-corrected chi connectivity index (χ4v) is 6.74. The number of hydrogen-bond donors (Lipinski definition) is 0. The summed E-state index contributed by atoms with van der Waals surface area (Å²) in [4.78, 5) is 40.7. The lowest BCUT2D eigenvalue weighted by atomic mass is 9.85. The van der Waals surface area contributed by atoms with Crippen molar-refractivity contribution in [1.82, 2.24) is 19.6 Å². The zero-order valence-electron chi connectivity index (χ0n) is 25.5. The maximum Gasteiger partial charge on any atom is 0.326 e. The van der Waals surface area contributed by atoms with Gasteiger partial charge in [0.1, 0.15) is 11.6 Å². The van der Waals surface area contributed by atoms with Crippen LogP contribution in [0.2, 0.25) is 5.02 Å². The van der Waals surface area contributed by atoms with E-state index in [0.29, 0.717) is 93.7 Å². The Hall–Kier alpha value is -3.37. The number of benzene rings is 2. The SMILES string of the molecule is CCOc1ccccc1C1=N[C@@H](C2C=CC(Cl)=CC2)[C@@H](c2ccc(Cl)cc2)N1C(=O)N1CCN(CC(=O)N2CCOCC2)CC1. The van der Waals surface area contributed by atoms with Gasteiger partial charge in [0.2, 0.25) is 5.91 Å². The molecule has 0 saturated carbocycles. The number of urea groups is 1. The number of aliphatic imine (C=N–C) groups is 1. The highest BCUT2D eigenvalue weighted by atomic mass is 35.5. The number of amidine groups is 1. The molecule has 0 radical (unpaired) electrons. The van der Waals surface area contributed by atoms with Crippen LogP contribution < -0.4 is 4.74 Å². The van der Waals surface area contributed by atoms with Crippen molar-refractivity contribution in [2.45, 2.75) is 25.4 Å². The maximum absolute atomic E-state index is 14.7. The summed E-state index contributed by atoms with van der Waals surface area (Å²) in [5.74, 6) is 1.41. The van der Waals surface area contributed by atoms with Crippen LogP contribution in [0.4, 0.5) is 4.79 Å². The molecule has 0 aromatic heterocycles. The average molecular weight is 653 g/mol. The summed E-state index contributed by atoms with van der Waals surface area (Å²) >= 11 is 12.6. The number of carbonyl (C=O) groups is 2. The topological polar surface area (TPSA) is 77.9 Å². The van der Waals surface area contributed by atoms with E-state index >= 15 is 0 Å². The van der Waals surface area contributed by atoms with E-state index in [1.807, 2.05) is 82.3 Å². The molecule has 45 heavy (non-hydrogen) atoms. The second-order valence-electron chi connectivity index (χ2n) is 11.6. The van der Waals surface area contributed by atoms with Crippen LogP contribution in [0.15, 0.2) is 76.8 Å². The minimum Gasteiger partial charge on any atom is -0.493 e. The van der Waals surface area contributed by atoms with Gasteiger partial charge < -0.3 is 19.3 Å².